The van der Waals surface area contributed by atoms with Crippen molar-refractivity contribution < 1.29 is 19.7 Å². The lowest BCUT2D eigenvalue weighted by Gasteiger charge is -2.24. The molecule has 0 spiro atoms. The lowest BCUT2D eigenvalue weighted by atomic mass is 9.92. The van der Waals surface area contributed by atoms with Crippen LogP contribution < -0.4 is 0 Å². The maximum absolute atomic E-state index is 11.5. The van der Waals surface area contributed by atoms with E-state index < -0.39 is 23.1 Å². The van der Waals surface area contributed by atoms with Gasteiger partial charge < -0.3 is 14.9 Å². The third-order valence-corrected chi connectivity index (χ3v) is 4.39. The van der Waals surface area contributed by atoms with Crippen LogP contribution in [0.3, 0.4) is 0 Å². The molecule has 2 N–H and O–H groups in total. The highest BCUT2D eigenvalue weighted by molar-refractivity contribution is 6.32. The Morgan fingerprint density at radius 2 is 1.61 bits per heavy atom. The molecular weight excluding hydrogens is 339 g/mol. The van der Waals surface area contributed by atoms with Gasteiger partial charge >= 0.3 is 5.97 Å². The number of ether oxygens (including phenoxy) is 1. The molecule has 2 aromatic carbocycles. The van der Waals surface area contributed by atoms with Crippen molar-refractivity contribution in [3.8, 4) is 11.1 Å². The van der Waals surface area contributed by atoms with E-state index in [1.807, 2.05) is 12.1 Å². The number of cyclic esters (lactones) is 1. The first-order chi connectivity index (χ1) is 10.8. The number of rotatable bonds is 2. The Morgan fingerprint density at radius 3 is 2.13 bits per heavy atom. The summed E-state index contributed by atoms with van der Waals surface area (Å²) in [5.74, 6) is -2.34. The summed E-state index contributed by atoms with van der Waals surface area (Å²) < 4.78 is 5.09. The van der Waals surface area contributed by atoms with Crippen LogP contribution in [0.1, 0.15) is 12.5 Å². The van der Waals surface area contributed by atoms with Gasteiger partial charge in [-0.25, -0.2) is 4.79 Å². The molecule has 0 saturated carbocycles. The highest BCUT2D eigenvalue weighted by Gasteiger charge is 2.47. The zero-order valence-corrected chi connectivity index (χ0v) is 13.5. The Bertz CT molecular complexity index is 827. The van der Waals surface area contributed by atoms with Gasteiger partial charge in [-0.2, -0.15) is 0 Å². The molecule has 118 valence electrons. The van der Waals surface area contributed by atoms with Crippen LogP contribution in [0.25, 0.3) is 11.1 Å². The maximum Gasteiger partial charge on any atom is 0.378 e. The SMILES string of the molecule is CC1(c2ccc(-c3ccc(Cl)cc3)cc2Cl)OC(=O)C(O)=C1O. The summed E-state index contributed by atoms with van der Waals surface area (Å²) >= 11 is 12.2. The fourth-order valence-corrected chi connectivity index (χ4v) is 3.00. The van der Waals surface area contributed by atoms with E-state index in [1.54, 1.807) is 30.3 Å². The Balaban J connectivity index is 2.04. The number of aliphatic hydroxyl groups is 2. The topological polar surface area (TPSA) is 66.8 Å². The van der Waals surface area contributed by atoms with Crippen LogP contribution in [0.5, 0.6) is 0 Å². The molecular formula is C17H12Cl2O4. The maximum atomic E-state index is 11.5. The van der Waals surface area contributed by atoms with Crippen LogP contribution in [0.15, 0.2) is 54.0 Å². The van der Waals surface area contributed by atoms with E-state index in [2.05, 4.69) is 0 Å². The number of hydrogen-bond acceptors (Lipinski definition) is 4. The summed E-state index contributed by atoms with van der Waals surface area (Å²) in [5.41, 5.74) is 0.637. The smallest absolute Gasteiger partial charge is 0.378 e. The first-order valence-electron chi connectivity index (χ1n) is 6.75. The van der Waals surface area contributed by atoms with E-state index in [-0.39, 0.29) is 0 Å². The average Bonchev–Trinajstić information content (AvgIpc) is 2.72. The van der Waals surface area contributed by atoms with Crippen LogP contribution >= 0.6 is 23.2 Å². The highest BCUT2D eigenvalue weighted by atomic mass is 35.5. The molecule has 0 radical (unpaired) electrons. The van der Waals surface area contributed by atoms with Gasteiger partial charge in [-0.15, -0.1) is 0 Å². The number of benzene rings is 2. The van der Waals surface area contributed by atoms with E-state index in [9.17, 15) is 15.0 Å². The van der Waals surface area contributed by atoms with Crippen LogP contribution in [0, 0.1) is 0 Å². The molecule has 23 heavy (non-hydrogen) atoms. The van der Waals surface area contributed by atoms with Crippen LogP contribution in [-0.2, 0) is 15.1 Å². The van der Waals surface area contributed by atoms with Crippen LogP contribution in [0.2, 0.25) is 10.0 Å². The standard InChI is InChI=1S/C17H12Cl2O4/c1-17(15(21)14(20)16(22)23-17)12-7-4-10(8-13(12)19)9-2-5-11(18)6-3-9/h2-8,20-21H,1H3. The van der Waals surface area contributed by atoms with Gasteiger partial charge in [-0.05, 0) is 36.2 Å². The van der Waals surface area contributed by atoms with Gasteiger partial charge in [0, 0.05) is 15.6 Å². The molecule has 0 amide bonds. The molecule has 1 unspecified atom stereocenters. The van der Waals surface area contributed by atoms with Crippen molar-refractivity contribution in [1.29, 1.82) is 0 Å². The normalized spacial score (nSPS) is 20.7. The minimum atomic E-state index is -1.50. The second-order valence-corrected chi connectivity index (χ2v) is 6.17. The van der Waals surface area contributed by atoms with Crippen molar-refractivity contribution >= 4 is 29.2 Å². The third kappa shape index (κ3) is 2.54. The number of halogens is 2. The number of hydrogen-bond donors (Lipinski definition) is 2. The number of carbonyl (C=O) groups excluding carboxylic acids is 1. The molecule has 3 rings (SSSR count). The van der Waals surface area contributed by atoms with E-state index in [0.29, 0.717) is 15.6 Å². The second kappa shape index (κ2) is 5.48. The quantitative estimate of drug-likeness (QED) is 0.766. The zero-order chi connectivity index (χ0) is 16.8. The van der Waals surface area contributed by atoms with Crippen molar-refractivity contribution in [1.82, 2.24) is 0 Å². The Hall–Kier alpha value is -2.17. The Morgan fingerprint density at radius 1 is 1.00 bits per heavy atom. The van der Waals surface area contributed by atoms with E-state index in [0.717, 1.165) is 11.1 Å². The minimum absolute atomic E-state index is 0.300. The zero-order valence-electron chi connectivity index (χ0n) is 12.0. The Kier molecular flexibility index (Phi) is 3.74. The van der Waals surface area contributed by atoms with Crippen molar-refractivity contribution in [3.05, 3.63) is 69.6 Å². The highest BCUT2D eigenvalue weighted by Crippen LogP contribution is 2.42. The molecule has 0 bridgehead atoms. The number of esters is 1. The first kappa shape index (κ1) is 15.7. The van der Waals surface area contributed by atoms with Gasteiger partial charge in [0.25, 0.3) is 0 Å². The molecule has 0 saturated heterocycles. The van der Waals surface area contributed by atoms with E-state index in [4.69, 9.17) is 27.9 Å². The fraction of sp³-hybridized carbons (Fsp3) is 0.118. The molecule has 1 aliphatic heterocycles. The largest absolute Gasteiger partial charge is 0.505 e. The number of aliphatic hydroxyl groups excluding tert-OH is 2. The van der Waals surface area contributed by atoms with Crippen LogP contribution in [-0.4, -0.2) is 16.2 Å². The summed E-state index contributed by atoms with van der Waals surface area (Å²) in [7, 11) is 0. The Labute approximate surface area is 142 Å². The van der Waals surface area contributed by atoms with Gasteiger partial charge in [0.1, 0.15) is 0 Å². The van der Waals surface area contributed by atoms with Gasteiger partial charge in [0.05, 0.1) is 0 Å². The summed E-state index contributed by atoms with van der Waals surface area (Å²) in [6.45, 7) is 1.46. The predicted octanol–water partition coefficient (Wildman–Crippen LogP) is 4.76. The molecule has 1 aliphatic rings. The molecule has 1 atom stereocenters. The average molecular weight is 351 g/mol. The first-order valence-corrected chi connectivity index (χ1v) is 7.50. The van der Waals surface area contributed by atoms with E-state index in [1.165, 1.54) is 6.92 Å². The van der Waals surface area contributed by atoms with Crippen LogP contribution in [0.4, 0.5) is 0 Å². The van der Waals surface area contributed by atoms with Gasteiger partial charge in [0.15, 0.2) is 11.4 Å². The van der Waals surface area contributed by atoms with E-state index >= 15 is 0 Å². The summed E-state index contributed by atoms with van der Waals surface area (Å²) in [6, 6.07) is 12.4. The molecule has 0 aromatic heterocycles. The van der Waals surface area contributed by atoms with Gasteiger partial charge in [0.2, 0.25) is 5.76 Å². The fourth-order valence-electron chi connectivity index (χ4n) is 2.51. The molecule has 1 heterocycles. The lowest BCUT2D eigenvalue weighted by Crippen LogP contribution is -2.25. The summed E-state index contributed by atoms with van der Waals surface area (Å²) in [5, 5.41) is 20.4. The molecule has 2 aromatic rings. The molecule has 0 fully saturated rings. The second-order valence-electron chi connectivity index (χ2n) is 5.32. The van der Waals surface area contributed by atoms with Crippen molar-refractivity contribution in [2.75, 3.05) is 0 Å². The molecule has 4 nitrogen and oxygen atoms in total. The summed E-state index contributed by atoms with van der Waals surface area (Å²) in [4.78, 5) is 11.5. The third-order valence-electron chi connectivity index (χ3n) is 3.83. The van der Waals surface area contributed by atoms with Gasteiger partial charge in [-0.1, -0.05) is 47.5 Å². The van der Waals surface area contributed by atoms with Gasteiger partial charge in [-0.3, -0.25) is 0 Å². The molecule has 6 heteroatoms. The van der Waals surface area contributed by atoms with Crippen molar-refractivity contribution in [2.24, 2.45) is 0 Å². The van der Waals surface area contributed by atoms with Crippen molar-refractivity contribution in [2.45, 2.75) is 12.5 Å². The predicted molar refractivity (Wildman–Crippen MR) is 87.6 cm³/mol. The van der Waals surface area contributed by atoms with Crippen molar-refractivity contribution in [3.63, 3.8) is 0 Å². The monoisotopic (exact) mass is 350 g/mol. The minimum Gasteiger partial charge on any atom is -0.505 e. The lowest BCUT2D eigenvalue weighted by molar-refractivity contribution is -0.149. The number of carbonyl (C=O) groups is 1. The molecule has 0 aliphatic carbocycles. The summed E-state index contributed by atoms with van der Waals surface area (Å²) in [6.07, 6.45) is 0.